The summed E-state index contributed by atoms with van der Waals surface area (Å²) in [5.41, 5.74) is 2.19. The minimum Gasteiger partial charge on any atom is -0.369 e. The number of thioether (sulfide) groups is 1. The summed E-state index contributed by atoms with van der Waals surface area (Å²) in [5, 5.41) is 1.94. The molecule has 2 fully saturated rings. The van der Waals surface area contributed by atoms with Crippen LogP contribution in [0.1, 0.15) is 24.0 Å². The first-order valence-electron chi connectivity index (χ1n) is 10.2. The largest absolute Gasteiger partial charge is 0.369 e. The third-order valence-corrected chi connectivity index (χ3v) is 6.28. The fraction of sp³-hybridized carbons (Fsp3) is 0.261. The SMILES string of the molecule is Cc1cc(N2CCCC2)c(F)cc1/C=C1\SC(=O)N(CC(=O)Nc2ccc(F)cc2)C1=O. The van der Waals surface area contributed by atoms with E-state index in [-0.39, 0.29) is 10.7 Å². The summed E-state index contributed by atoms with van der Waals surface area (Å²) in [4.78, 5) is 40.2. The third-order valence-electron chi connectivity index (χ3n) is 5.37. The van der Waals surface area contributed by atoms with Crippen LogP contribution in [-0.2, 0) is 9.59 Å². The van der Waals surface area contributed by atoms with Crippen LogP contribution in [0.4, 0.5) is 25.0 Å². The number of aryl methyl sites for hydroxylation is 1. The molecule has 0 saturated carbocycles. The molecule has 2 heterocycles. The second-order valence-electron chi connectivity index (χ2n) is 7.68. The lowest BCUT2D eigenvalue weighted by molar-refractivity contribution is -0.127. The van der Waals surface area contributed by atoms with Gasteiger partial charge in [0.05, 0.1) is 10.6 Å². The third kappa shape index (κ3) is 4.67. The van der Waals surface area contributed by atoms with Crippen LogP contribution < -0.4 is 10.2 Å². The van der Waals surface area contributed by atoms with E-state index in [2.05, 4.69) is 5.32 Å². The number of hydrogen-bond donors (Lipinski definition) is 1. The lowest BCUT2D eigenvalue weighted by atomic mass is 10.1. The number of benzene rings is 2. The van der Waals surface area contributed by atoms with Crippen LogP contribution in [-0.4, -0.2) is 41.6 Å². The number of anilines is 2. The molecule has 0 radical (unpaired) electrons. The standard InChI is InChI=1S/C23H21F2N3O3S/c1-14-10-19(27-8-2-3-9-27)18(25)11-15(14)12-20-22(30)28(23(31)32-20)13-21(29)26-17-6-4-16(24)5-7-17/h4-7,10-12H,2-3,8-9,13H2,1H3,(H,26,29)/b20-12-. The van der Waals surface area contributed by atoms with Gasteiger partial charge in [0.1, 0.15) is 18.2 Å². The molecule has 4 rings (SSSR count). The van der Waals surface area contributed by atoms with Gasteiger partial charge in [0.25, 0.3) is 11.1 Å². The van der Waals surface area contributed by atoms with Crippen molar-refractivity contribution in [3.8, 4) is 0 Å². The maximum Gasteiger partial charge on any atom is 0.294 e. The van der Waals surface area contributed by atoms with Gasteiger partial charge >= 0.3 is 0 Å². The summed E-state index contributed by atoms with van der Waals surface area (Å²) in [6.45, 7) is 2.98. The Labute approximate surface area is 188 Å². The first-order valence-corrected chi connectivity index (χ1v) is 11.0. The van der Waals surface area contributed by atoms with Gasteiger partial charge in [-0.05, 0) is 85.1 Å². The summed E-state index contributed by atoms with van der Waals surface area (Å²) < 4.78 is 27.7. The Bertz CT molecular complexity index is 1110. The van der Waals surface area contributed by atoms with Gasteiger partial charge < -0.3 is 10.2 Å². The first kappa shape index (κ1) is 22.0. The van der Waals surface area contributed by atoms with E-state index in [1.807, 2.05) is 11.8 Å². The molecule has 0 aromatic heterocycles. The van der Waals surface area contributed by atoms with Crippen LogP contribution in [0.3, 0.4) is 0 Å². The predicted molar refractivity (Wildman–Crippen MR) is 120 cm³/mol. The molecule has 2 saturated heterocycles. The Morgan fingerprint density at radius 1 is 1.12 bits per heavy atom. The Morgan fingerprint density at radius 2 is 1.81 bits per heavy atom. The smallest absolute Gasteiger partial charge is 0.294 e. The summed E-state index contributed by atoms with van der Waals surface area (Å²) >= 11 is 0.707. The Hall–Kier alpha value is -3.20. The number of rotatable bonds is 5. The molecule has 32 heavy (non-hydrogen) atoms. The zero-order valence-corrected chi connectivity index (χ0v) is 18.2. The minimum atomic E-state index is -0.613. The van der Waals surface area contributed by atoms with Gasteiger partial charge in [-0.2, -0.15) is 0 Å². The molecule has 0 spiro atoms. The molecule has 166 valence electrons. The fourth-order valence-electron chi connectivity index (χ4n) is 3.69. The molecular weight excluding hydrogens is 436 g/mol. The maximum absolute atomic E-state index is 14.7. The van der Waals surface area contributed by atoms with Crippen LogP contribution >= 0.6 is 11.8 Å². The molecule has 0 atom stereocenters. The molecule has 3 amide bonds. The first-order chi connectivity index (χ1) is 15.3. The number of carbonyl (C=O) groups is 3. The summed E-state index contributed by atoms with van der Waals surface area (Å²) in [6, 6.07) is 8.27. The topological polar surface area (TPSA) is 69.7 Å². The highest BCUT2D eigenvalue weighted by molar-refractivity contribution is 8.18. The van der Waals surface area contributed by atoms with Crippen molar-refractivity contribution in [2.45, 2.75) is 19.8 Å². The molecule has 0 aliphatic carbocycles. The zero-order valence-electron chi connectivity index (χ0n) is 17.4. The number of halogens is 2. The summed E-state index contributed by atoms with van der Waals surface area (Å²) in [5.74, 6) is -2.02. The van der Waals surface area contributed by atoms with Gasteiger partial charge in [-0.15, -0.1) is 0 Å². The monoisotopic (exact) mass is 457 g/mol. The highest BCUT2D eigenvalue weighted by Gasteiger charge is 2.36. The van der Waals surface area contributed by atoms with Crippen molar-refractivity contribution in [1.29, 1.82) is 0 Å². The number of nitrogens with zero attached hydrogens (tertiary/aromatic N) is 2. The van der Waals surface area contributed by atoms with E-state index in [9.17, 15) is 23.2 Å². The van der Waals surface area contributed by atoms with Crippen molar-refractivity contribution >= 4 is 46.3 Å². The number of amides is 3. The van der Waals surface area contributed by atoms with E-state index >= 15 is 0 Å². The number of carbonyl (C=O) groups excluding carboxylic acids is 3. The molecule has 9 heteroatoms. The van der Waals surface area contributed by atoms with E-state index in [0.29, 0.717) is 28.7 Å². The number of nitrogens with one attached hydrogen (secondary N) is 1. The van der Waals surface area contributed by atoms with Crippen molar-refractivity contribution in [2.75, 3.05) is 29.9 Å². The molecular formula is C23H21F2N3O3S. The lowest BCUT2D eigenvalue weighted by Crippen LogP contribution is -2.36. The Kier molecular flexibility index (Phi) is 6.27. The fourth-order valence-corrected chi connectivity index (χ4v) is 4.52. The van der Waals surface area contributed by atoms with Crippen molar-refractivity contribution in [2.24, 2.45) is 0 Å². The second kappa shape index (κ2) is 9.12. The number of hydrogen-bond acceptors (Lipinski definition) is 5. The van der Waals surface area contributed by atoms with Gasteiger partial charge in [0.15, 0.2) is 0 Å². The van der Waals surface area contributed by atoms with E-state index < -0.39 is 29.4 Å². The van der Waals surface area contributed by atoms with Crippen molar-refractivity contribution in [3.63, 3.8) is 0 Å². The van der Waals surface area contributed by atoms with Crippen molar-refractivity contribution in [3.05, 3.63) is 64.1 Å². The molecule has 2 aliphatic heterocycles. The summed E-state index contributed by atoms with van der Waals surface area (Å²) in [6.07, 6.45) is 3.54. The second-order valence-corrected chi connectivity index (χ2v) is 8.67. The molecule has 6 nitrogen and oxygen atoms in total. The van der Waals surface area contributed by atoms with Gasteiger partial charge in [0.2, 0.25) is 5.91 Å². The highest BCUT2D eigenvalue weighted by atomic mass is 32.2. The van der Waals surface area contributed by atoms with Crippen LogP contribution in [0.15, 0.2) is 41.3 Å². The predicted octanol–water partition coefficient (Wildman–Crippen LogP) is 4.55. The summed E-state index contributed by atoms with van der Waals surface area (Å²) in [7, 11) is 0. The van der Waals surface area contributed by atoms with Gasteiger partial charge in [-0.3, -0.25) is 19.3 Å². The van der Waals surface area contributed by atoms with Crippen LogP contribution in [0.5, 0.6) is 0 Å². The highest BCUT2D eigenvalue weighted by Crippen LogP contribution is 2.34. The molecule has 1 N–H and O–H groups in total. The Morgan fingerprint density at radius 3 is 2.50 bits per heavy atom. The van der Waals surface area contributed by atoms with Crippen molar-refractivity contribution < 1.29 is 23.2 Å². The van der Waals surface area contributed by atoms with E-state index in [0.717, 1.165) is 36.4 Å². The quantitative estimate of drug-likeness (QED) is 0.668. The maximum atomic E-state index is 14.7. The van der Waals surface area contributed by atoms with E-state index in [4.69, 9.17) is 0 Å². The molecule has 0 unspecified atom stereocenters. The lowest BCUT2D eigenvalue weighted by Gasteiger charge is -2.19. The average Bonchev–Trinajstić information content (AvgIpc) is 3.37. The molecule has 2 aromatic carbocycles. The molecule has 2 aromatic rings. The van der Waals surface area contributed by atoms with Gasteiger partial charge in [-0.25, -0.2) is 8.78 Å². The minimum absolute atomic E-state index is 0.126. The molecule has 0 bridgehead atoms. The van der Waals surface area contributed by atoms with Crippen LogP contribution in [0.2, 0.25) is 0 Å². The van der Waals surface area contributed by atoms with E-state index in [1.54, 1.807) is 6.07 Å². The Balaban J connectivity index is 1.47. The normalized spacial score (nSPS) is 17.5. The van der Waals surface area contributed by atoms with E-state index in [1.165, 1.54) is 36.4 Å². The van der Waals surface area contributed by atoms with Crippen LogP contribution in [0, 0.1) is 18.6 Å². The van der Waals surface area contributed by atoms with Crippen LogP contribution in [0.25, 0.3) is 6.08 Å². The zero-order chi connectivity index (χ0) is 22.8. The average molecular weight is 458 g/mol. The van der Waals surface area contributed by atoms with Gasteiger partial charge in [-0.1, -0.05) is 0 Å². The molecule has 2 aliphatic rings. The number of imide groups is 1. The van der Waals surface area contributed by atoms with Gasteiger partial charge in [0, 0.05) is 18.8 Å². The van der Waals surface area contributed by atoms with Crippen molar-refractivity contribution in [1.82, 2.24) is 4.90 Å².